The molecule has 0 radical (unpaired) electrons. The fourth-order valence-corrected chi connectivity index (χ4v) is 2.58. The van der Waals surface area contributed by atoms with Gasteiger partial charge in [0.1, 0.15) is 12.2 Å². The van der Waals surface area contributed by atoms with Crippen molar-refractivity contribution in [2.75, 3.05) is 32.9 Å². The van der Waals surface area contributed by atoms with E-state index in [0.29, 0.717) is 44.3 Å². The average molecular weight is 317 g/mol. The summed E-state index contributed by atoms with van der Waals surface area (Å²) in [5, 5.41) is 0. The van der Waals surface area contributed by atoms with Crippen LogP contribution in [0.25, 0.3) is 11.0 Å². The van der Waals surface area contributed by atoms with Crippen molar-refractivity contribution >= 4 is 22.9 Å². The van der Waals surface area contributed by atoms with Gasteiger partial charge in [-0.05, 0) is 25.1 Å². The fourth-order valence-electron chi connectivity index (χ4n) is 2.58. The predicted molar refractivity (Wildman–Crippen MR) is 83.2 cm³/mol. The largest absolute Gasteiger partial charge is 0.466 e. The van der Waals surface area contributed by atoms with Crippen LogP contribution in [0.5, 0.6) is 0 Å². The van der Waals surface area contributed by atoms with Crippen molar-refractivity contribution in [2.45, 2.75) is 13.3 Å². The molecule has 1 amide bonds. The SMILES string of the molecule is CCOC(=O)Cc1nc2ccc(C(=O)N3CCOCC3)cc2[nH]1. The minimum atomic E-state index is -0.323. The van der Waals surface area contributed by atoms with Crippen molar-refractivity contribution in [3.05, 3.63) is 29.6 Å². The number of ether oxygens (including phenoxy) is 2. The van der Waals surface area contributed by atoms with E-state index in [0.717, 1.165) is 11.0 Å². The Bertz CT molecular complexity index is 719. The first-order valence-electron chi connectivity index (χ1n) is 7.68. The molecular weight excluding hydrogens is 298 g/mol. The quantitative estimate of drug-likeness (QED) is 0.855. The second kappa shape index (κ2) is 6.78. The van der Waals surface area contributed by atoms with Crippen LogP contribution in [-0.4, -0.2) is 59.7 Å². The van der Waals surface area contributed by atoms with Gasteiger partial charge in [0.25, 0.3) is 5.91 Å². The second-order valence-corrected chi connectivity index (χ2v) is 5.30. The Kier molecular flexibility index (Phi) is 4.57. The van der Waals surface area contributed by atoms with Crippen molar-refractivity contribution in [1.82, 2.24) is 14.9 Å². The van der Waals surface area contributed by atoms with Gasteiger partial charge in [-0.25, -0.2) is 4.98 Å². The molecule has 0 unspecified atom stereocenters. The van der Waals surface area contributed by atoms with E-state index >= 15 is 0 Å². The number of carbonyl (C=O) groups is 2. The van der Waals surface area contributed by atoms with E-state index in [2.05, 4.69) is 9.97 Å². The van der Waals surface area contributed by atoms with Crippen molar-refractivity contribution in [1.29, 1.82) is 0 Å². The van der Waals surface area contributed by atoms with E-state index in [-0.39, 0.29) is 18.3 Å². The summed E-state index contributed by atoms with van der Waals surface area (Å²) in [6, 6.07) is 5.32. The van der Waals surface area contributed by atoms with Crippen LogP contribution in [0, 0.1) is 0 Å². The number of fused-ring (bicyclic) bond motifs is 1. The molecule has 1 aliphatic rings. The topological polar surface area (TPSA) is 84.5 Å². The van der Waals surface area contributed by atoms with Crippen molar-refractivity contribution in [3.63, 3.8) is 0 Å². The Morgan fingerprint density at radius 1 is 1.35 bits per heavy atom. The maximum Gasteiger partial charge on any atom is 0.313 e. The number of aromatic amines is 1. The van der Waals surface area contributed by atoms with Crippen LogP contribution in [0.3, 0.4) is 0 Å². The van der Waals surface area contributed by atoms with E-state index in [1.807, 2.05) is 0 Å². The summed E-state index contributed by atoms with van der Waals surface area (Å²) in [6.45, 7) is 4.46. The first kappa shape index (κ1) is 15.5. The lowest BCUT2D eigenvalue weighted by Gasteiger charge is -2.26. The van der Waals surface area contributed by atoms with Gasteiger partial charge in [0.05, 0.1) is 30.9 Å². The summed E-state index contributed by atoms with van der Waals surface area (Å²) >= 11 is 0. The van der Waals surface area contributed by atoms with E-state index in [4.69, 9.17) is 9.47 Å². The molecule has 122 valence electrons. The van der Waals surface area contributed by atoms with Crippen LogP contribution in [-0.2, 0) is 20.7 Å². The first-order chi connectivity index (χ1) is 11.2. The third-order valence-corrected chi connectivity index (χ3v) is 3.69. The monoisotopic (exact) mass is 317 g/mol. The molecule has 1 saturated heterocycles. The number of rotatable bonds is 4. The Morgan fingerprint density at radius 2 is 2.13 bits per heavy atom. The van der Waals surface area contributed by atoms with Gasteiger partial charge in [-0.2, -0.15) is 0 Å². The minimum Gasteiger partial charge on any atom is -0.466 e. The maximum absolute atomic E-state index is 12.5. The Labute approximate surface area is 133 Å². The first-order valence-corrected chi connectivity index (χ1v) is 7.68. The molecule has 0 aliphatic carbocycles. The molecule has 1 N–H and O–H groups in total. The Morgan fingerprint density at radius 3 is 2.87 bits per heavy atom. The van der Waals surface area contributed by atoms with Gasteiger partial charge in [0.15, 0.2) is 0 Å². The molecule has 1 aromatic heterocycles. The highest BCUT2D eigenvalue weighted by Crippen LogP contribution is 2.16. The van der Waals surface area contributed by atoms with Crippen LogP contribution >= 0.6 is 0 Å². The Hall–Kier alpha value is -2.41. The molecule has 2 aromatic rings. The molecule has 1 aromatic carbocycles. The molecule has 0 atom stereocenters. The number of esters is 1. The molecule has 3 rings (SSSR count). The van der Waals surface area contributed by atoms with Crippen LogP contribution < -0.4 is 0 Å². The normalized spacial score (nSPS) is 14.9. The van der Waals surface area contributed by atoms with Gasteiger partial charge < -0.3 is 19.4 Å². The number of nitrogens with zero attached hydrogens (tertiary/aromatic N) is 2. The average Bonchev–Trinajstić information content (AvgIpc) is 2.96. The maximum atomic E-state index is 12.5. The van der Waals surface area contributed by atoms with Gasteiger partial charge >= 0.3 is 5.97 Å². The van der Waals surface area contributed by atoms with Crippen LogP contribution in [0.1, 0.15) is 23.1 Å². The lowest BCUT2D eigenvalue weighted by molar-refractivity contribution is -0.142. The number of H-pyrrole nitrogens is 1. The number of nitrogens with one attached hydrogen (secondary N) is 1. The number of hydrogen-bond acceptors (Lipinski definition) is 5. The third-order valence-electron chi connectivity index (χ3n) is 3.69. The molecule has 0 saturated carbocycles. The number of imidazole rings is 1. The standard InChI is InChI=1S/C16H19N3O4/c1-2-23-15(20)10-14-17-12-4-3-11(9-13(12)18-14)16(21)19-5-7-22-8-6-19/h3-4,9H,2,5-8,10H2,1H3,(H,17,18). The Balaban J connectivity index is 1.78. The number of amides is 1. The molecule has 0 spiro atoms. The number of aromatic nitrogens is 2. The molecular formula is C16H19N3O4. The number of hydrogen-bond donors (Lipinski definition) is 1. The van der Waals surface area contributed by atoms with E-state index in [9.17, 15) is 9.59 Å². The van der Waals surface area contributed by atoms with Crippen molar-refractivity contribution in [3.8, 4) is 0 Å². The number of morpholine rings is 1. The third kappa shape index (κ3) is 3.50. The van der Waals surface area contributed by atoms with Crippen LogP contribution in [0.2, 0.25) is 0 Å². The predicted octanol–water partition coefficient (Wildman–Crippen LogP) is 1.14. The van der Waals surface area contributed by atoms with Gasteiger partial charge in [0.2, 0.25) is 0 Å². The van der Waals surface area contributed by atoms with E-state index < -0.39 is 0 Å². The molecule has 7 nitrogen and oxygen atoms in total. The lowest BCUT2D eigenvalue weighted by atomic mass is 10.1. The molecule has 7 heteroatoms. The number of carbonyl (C=O) groups excluding carboxylic acids is 2. The van der Waals surface area contributed by atoms with Gasteiger partial charge in [0, 0.05) is 18.7 Å². The van der Waals surface area contributed by atoms with Crippen LogP contribution in [0.15, 0.2) is 18.2 Å². The highest BCUT2D eigenvalue weighted by Gasteiger charge is 2.19. The summed E-state index contributed by atoms with van der Waals surface area (Å²) in [4.78, 5) is 33.2. The van der Waals surface area contributed by atoms with E-state index in [1.165, 1.54) is 0 Å². The summed E-state index contributed by atoms with van der Waals surface area (Å²) in [7, 11) is 0. The zero-order valence-corrected chi connectivity index (χ0v) is 13.0. The van der Waals surface area contributed by atoms with Crippen molar-refractivity contribution in [2.24, 2.45) is 0 Å². The van der Waals surface area contributed by atoms with Crippen molar-refractivity contribution < 1.29 is 19.1 Å². The van der Waals surface area contributed by atoms with Crippen LogP contribution in [0.4, 0.5) is 0 Å². The smallest absolute Gasteiger partial charge is 0.313 e. The molecule has 23 heavy (non-hydrogen) atoms. The van der Waals surface area contributed by atoms with Gasteiger partial charge in [-0.3, -0.25) is 9.59 Å². The van der Waals surface area contributed by atoms with Gasteiger partial charge in [-0.1, -0.05) is 0 Å². The summed E-state index contributed by atoms with van der Waals surface area (Å²) in [5.74, 6) is 0.197. The highest BCUT2D eigenvalue weighted by molar-refractivity contribution is 5.97. The molecule has 1 aliphatic heterocycles. The summed E-state index contributed by atoms with van der Waals surface area (Å²) in [5.41, 5.74) is 2.07. The lowest BCUT2D eigenvalue weighted by Crippen LogP contribution is -2.40. The zero-order valence-electron chi connectivity index (χ0n) is 13.0. The minimum absolute atomic E-state index is 0.0169. The molecule has 2 heterocycles. The molecule has 0 bridgehead atoms. The van der Waals surface area contributed by atoms with Gasteiger partial charge in [-0.15, -0.1) is 0 Å². The highest BCUT2D eigenvalue weighted by atomic mass is 16.5. The van der Waals surface area contributed by atoms with E-state index in [1.54, 1.807) is 30.0 Å². The molecule has 1 fully saturated rings. The summed E-state index contributed by atoms with van der Waals surface area (Å²) < 4.78 is 10.2. The zero-order chi connectivity index (χ0) is 16.2. The second-order valence-electron chi connectivity index (χ2n) is 5.30. The fraction of sp³-hybridized carbons (Fsp3) is 0.438. The number of benzene rings is 1. The summed E-state index contributed by atoms with van der Waals surface area (Å²) in [6.07, 6.45) is 0.0925.